The van der Waals surface area contributed by atoms with Gasteiger partial charge in [-0.1, -0.05) is 17.7 Å². The van der Waals surface area contributed by atoms with Crippen molar-refractivity contribution in [2.45, 2.75) is 32.4 Å². The molecule has 0 spiro atoms. The Balaban J connectivity index is 1.72. The Labute approximate surface area is 159 Å². The highest BCUT2D eigenvalue weighted by Crippen LogP contribution is 2.21. The van der Waals surface area contributed by atoms with E-state index in [2.05, 4.69) is 15.2 Å². The third kappa shape index (κ3) is 5.14. The molecule has 1 unspecified atom stereocenters. The van der Waals surface area contributed by atoms with Crippen LogP contribution in [-0.2, 0) is 11.3 Å². The zero-order chi connectivity index (χ0) is 17.6. The average Bonchev–Trinajstić information content (AvgIpc) is 3.12. The van der Waals surface area contributed by atoms with Crippen molar-refractivity contribution < 1.29 is 4.74 Å². The summed E-state index contributed by atoms with van der Waals surface area (Å²) in [5.41, 5.74) is 2.94. The summed E-state index contributed by atoms with van der Waals surface area (Å²) in [5.74, 6) is 0. The molecule has 0 amide bonds. The lowest BCUT2D eigenvalue weighted by molar-refractivity contribution is 0.0903. The molecule has 1 atom stereocenters. The van der Waals surface area contributed by atoms with Gasteiger partial charge in [-0.05, 0) is 67.9 Å². The molecule has 2 heterocycles. The van der Waals surface area contributed by atoms with Crippen molar-refractivity contribution in [3.8, 4) is 0 Å². The topological polar surface area (TPSA) is 37.4 Å². The lowest BCUT2D eigenvalue weighted by atomic mass is 10.2. The lowest BCUT2D eigenvalue weighted by Gasteiger charge is -2.28. The van der Waals surface area contributed by atoms with Crippen LogP contribution in [0.15, 0.2) is 42.6 Å². The molecule has 2 aromatic rings. The number of benzene rings is 1. The summed E-state index contributed by atoms with van der Waals surface area (Å²) in [6.45, 7) is 4.22. The molecular formula is C19H22ClN3OS. The maximum Gasteiger partial charge on any atom is 0.173 e. The highest BCUT2D eigenvalue weighted by Gasteiger charge is 2.21. The van der Waals surface area contributed by atoms with Crippen molar-refractivity contribution in [3.63, 3.8) is 0 Å². The van der Waals surface area contributed by atoms with Crippen molar-refractivity contribution in [1.82, 2.24) is 9.88 Å². The molecule has 1 N–H and O–H groups in total. The number of hydrogen-bond donors (Lipinski definition) is 1. The highest BCUT2D eigenvalue weighted by molar-refractivity contribution is 7.80. The summed E-state index contributed by atoms with van der Waals surface area (Å²) in [6, 6.07) is 11.7. The molecule has 1 saturated heterocycles. The number of rotatable bonds is 5. The van der Waals surface area contributed by atoms with E-state index in [4.69, 9.17) is 28.6 Å². The van der Waals surface area contributed by atoms with Gasteiger partial charge < -0.3 is 15.0 Å². The molecule has 0 bridgehead atoms. The second kappa shape index (κ2) is 8.61. The number of aromatic nitrogens is 1. The first-order chi connectivity index (χ1) is 12.1. The lowest BCUT2D eigenvalue weighted by Crippen LogP contribution is -2.39. The van der Waals surface area contributed by atoms with Gasteiger partial charge in [-0.15, -0.1) is 0 Å². The Morgan fingerprint density at radius 2 is 2.28 bits per heavy atom. The molecule has 25 heavy (non-hydrogen) atoms. The number of hydrogen-bond acceptors (Lipinski definition) is 3. The molecule has 6 heteroatoms. The van der Waals surface area contributed by atoms with Crippen LogP contribution in [0.1, 0.15) is 24.1 Å². The fourth-order valence-corrected chi connectivity index (χ4v) is 3.24. The summed E-state index contributed by atoms with van der Waals surface area (Å²) in [6.07, 6.45) is 4.20. The first-order valence-corrected chi connectivity index (χ1v) is 9.24. The standard InChI is InChI=1S/C19H22ClN3OS/c1-14-11-15(7-8-18(14)20)22-19(25)23(13-17-6-4-10-24-17)12-16-5-2-3-9-21-16/h2-3,5,7-9,11,17H,4,6,10,12-13H2,1H3,(H,22,25). The fourth-order valence-electron chi connectivity index (χ4n) is 2.87. The van der Waals surface area contributed by atoms with E-state index in [0.717, 1.165) is 48.0 Å². The Morgan fingerprint density at radius 3 is 2.96 bits per heavy atom. The molecule has 4 nitrogen and oxygen atoms in total. The van der Waals surface area contributed by atoms with E-state index >= 15 is 0 Å². The average molecular weight is 376 g/mol. The van der Waals surface area contributed by atoms with Crippen LogP contribution >= 0.6 is 23.8 Å². The Morgan fingerprint density at radius 1 is 1.40 bits per heavy atom. The smallest absolute Gasteiger partial charge is 0.173 e. The van der Waals surface area contributed by atoms with E-state index in [9.17, 15) is 0 Å². The third-order valence-corrected chi connectivity index (χ3v) is 5.01. The number of nitrogens with zero attached hydrogens (tertiary/aromatic N) is 2. The van der Waals surface area contributed by atoms with Gasteiger partial charge in [0.15, 0.2) is 5.11 Å². The number of ether oxygens (including phenoxy) is 1. The van der Waals surface area contributed by atoms with Crippen molar-refractivity contribution in [2.75, 3.05) is 18.5 Å². The van der Waals surface area contributed by atoms with Crippen molar-refractivity contribution in [1.29, 1.82) is 0 Å². The number of halogens is 1. The first kappa shape index (κ1) is 18.1. The number of nitrogens with one attached hydrogen (secondary N) is 1. The van der Waals surface area contributed by atoms with Crippen LogP contribution in [0.4, 0.5) is 5.69 Å². The number of thiocarbonyl (C=S) groups is 1. The van der Waals surface area contributed by atoms with Crippen LogP contribution in [0, 0.1) is 6.92 Å². The van der Waals surface area contributed by atoms with E-state index in [1.807, 2.05) is 43.3 Å². The van der Waals surface area contributed by atoms with Gasteiger partial charge in [-0.25, -0.2) is 0 Å². The summed E-state index contributed by atoms with van der Waals surface area (Å²) in [4.78, 5) is 6.54. The largest absolute Gasteiger partial charge is 0.376 e. The number of aryl methyl sites for hydroxylation is 1. The molecule has 132 valence electrons. The van der Waals surface area contributed by atoms with Crippen LogP contribution in [-0.4, -0.2) is 34.3 Å². The summed E-state index contributed by atoms with van der Waals surface area (Å²) in [5, 5.41) is 4.74. The Bertz CT molecular complexity index is 720. The van der Waals surface area contributed by atoms with Gasteiger partial charge in [0.1, 0.15) is 0 Å². The van der Waals surface area contributed by atoms with Crippen molar-refractivity contribution in [2.24, 2.45) is 0 Å². The second-order valence-electron chi connectivity index (χ2n) is 6.23. The molecule has 1 aliphatic rings. The zero-order valence-electron chi connectivity index (χ0n) is 14.2. The van der Waals surface area contributed by atoms with Crippen molar-refractivity contribution in [3.05, 3.63) is 58.9 Å². The SMILES string of the molecule is Cc1cc(NC(=S)N(Cc2ccccn2)CC2CCCO2)ccc1Cl. The minimum Gasteiger partial charge on any atom is -0.376 e. The fraction of sp³-hybridized carbons (Fsp3) is 0.368. The molecule has 3 rings (SSSR count). The summed E-state index contributed by atoms with van der Waals surface area (Å²) >= 11 is 11.8. The number of pyridine rings is 1. The van der Waals surface area contributed by atoms with E-state index in [1.54, 1.807) is 6.20 Å². The normalized spacial score (nSPS) is 16.6. The zero-order valence-corrected chi connectivity index (χ0v) is 15.8. The molecule has 1 aromatic carbocycles. The van der Waals surface area contributed by atoms with Gasteiger partial charge in [0.25, 0.3) is 0 Å². The second-order valence-corrected chi connectivity index (χ2v) is 7.02. The van der Waals surface area contributed by atoms with E-state index in [1.165, 1.54) is 0 Å². The first-order valence-electron chi connectivity index (χ1n) is 8.45. The monoisotopic (exact) mass is 375 g/mol. The van der Waals surface area contributed by atoms with Gasteiger partial charge >= 0.3 is 0 Å². The third-order valence-electron chi connectivity index (χ3n) is 4.22. The van der Waals surface area contributed by atoms with E-state index < -0.39 is 0 Å². The molecule has 1 aliphatic heterocycles. The van der Waals surface area contributed by atoms with Crippen molar-refractivity contribution >= 4 is 34.6 Å². The van der Waals surface area contributed by atoms with Crippen LogP contribution in [0.2, 0.25) is 5.02 Å². The summed E-state index contributed by atoms with van der Waals surface area (Å²) in [7, 11) is 0. The minimum atomic E-state index is 0.218. The van der Waals surface area contributed by atoms with Gasteiger partial charge in [-0.2, -0.15) is 0 Å². The molecule has 0 saturated carbocycles. The maximum absolute atomic E-state index is 6.10. The quantitative estimate of drug-likeness (QED) is 0.783. The molecule has 0 aliphatic carbocycles. The van der Waals surface area contributed by atoms with E-state index in [-0.39, 0.29) is 6.10 Å². The number of anilines is 1. The molecule has 1 aromatic heterocycles. The minimum absolute atomic E-state index is 0.218. The maximum atomic E-state index is 6.10. The van der Waals surface area contributed by atoms with Crippen LogP contribution in [0.25, 0.3) is 0 Å². The molecular weight excluding hydrogens is 354 g/mol. The van der Waals surface area contributed by atoms with E-state index in [0.29, 0.717) is 11.7 Å². The molecule has 1 fully saturated rings. The van der Waals surface area contributed by atoms with Gasteiger partial charge in [-0.3, -0.25) is 4.98 Å². The van der Waals surface area contributed by atoms with Gasteiger partial charge in [0, 0.05) is 30.1 Å². The Hall–Kier alpha value is -1.69. The van der Waals surface area contributed by atoms with Crippen LogP contribution < -0.4 is 5.32 Å². The Kier molecular flexibility index (Phi) is 6.24. The van der Waals surface area contributed by atoms with Crippen LogP contribution in [0.3, 0.4) is 0 Å². The van der Waals surface area contributed by atoms with Gasteiger partial charge in [0.2, 0.25) is 0 Å². The predicted octanol–water partition coefficient (Wildman–Crippen LogP) is 4.42. The molecule has 0 radical (unpaired) electrons. The van der Waals surface area contributed by atoms with Gasteiger partial charge in [0.05, 0.1) is 18.3 Å². The van der Waals surface area contributed by atoms with Crippen LogP contribution in [0.5, 0.6) is 0 Å². The predicted molar refractivity (Wildman–Crippen MR) is 106 cm³/mol. The highest BCUT2D eigenvalue weighted by atomic mass is 35.5. The summed E-state index contributed by atoms with van der Waals surface area (Å²) < 4.78 is 5.79.